The summed E-state index contributed by atoms with van der Waals surface area (Å²) in [6.07, 6.45) is 6.56. The number of nitrogens with two attached hydrogens (primary N) is 1. The molecule has 0 aliphatic heterocycles. The maximum atomic E-state index is 14.0. The van der Waals surface area contributed by atoms with Gasteiger partial charge in [0.05, 0.1) is 11.2 Å². The zero-order valence-corrected chi connectivity index (χ0v) is 11.8. The molecule has 0 radical (unpaired) electrons. The van der Waals surface area contributed by atoms with Gasteiger partial charge < -0.3 is 11.1 Å². The van der Waals surface area contributed by atoms with E-state index in [-0.39, 0.29) is 11.4 Å². The first kappa shape index (κ1) is 12.6. The molecule has 0 saturated heterocycles. The van der Waals surface area contributed by atoms with Crippen LogP contribution in [0.4, 0.5) is 10.1 Å². The van der Waals surface area contributed by atoms with Gasteiger partial charge >= 0.3 is 0 Å². The lowest BCUT2D eigenvalue weighted by Crippen LogP contribution is -2.65. The van der Waals surface area contributed by atoms with E-state index in [4.69, 9.17) is 5.73 Å². The maximum Gasteiger partial charge on any atom is 0.146 e. The quantitative estimate of drug-likeness (QED) is 0.886. The molecule has 0 unspecified atom stereocenters. The van der Waals surface area contributed by atoms with Crippen molar-refractivity contribution in [3.63, 3.8) is 0 Å². The number of anilines is 1. The maximum absolute atomic E-state index is 14.0. The van der Waals surface area contributed by atoms with Gasteiger partial charge in [0.1, 0.15) is 5.82 Å². The van der Waals surface area contributed by atoms with Crippen LogP contribution in [0.1, 0.15) is 32.1 Å². The van der Waals surface area contributed by atoms with Crippen LogP contribution in [0.5, 0.6) is 0 Å². The first-order valence-electron chi connectivity index (χ1n) is 7.94. The summed E-state index contributed by atoms with van der Waals surface area (Å²) in [6.45, 7) is 0.621. The molecule has 0 aromatic heterocycles. The minimum Gasteiger partial charge on any atom is -0.375 e. The Balaban J connectivity index is 1.68. The summed E-state index contributed by atoms with van der Waals surface area (Å²) in [5, 5.41) is 3.56. The lowest BCUT2D eigenvalue weighted by molar-refractivity contribution is -0.0406. The molecule has 0 atom stereocenters. The first-order valence-corrected chi connectivity index (χ1v) is 7.94. The Morgan fingerprint density at radius 3 is 2.20 bits per heavy atom. The van der Waals surface area contributed by atoms with E-state index in [0.717, 1.165) is 11.8 Å². The van der Waals surface area contributed by atoms with E-state index in [2.05, 4.69) is 5.32 Å². The van der Waals surface area contributed by atoms with Crippen LogP contribution in [-0.2, 0) is 0 Å². The molecule has 20 heavy (non-hydrogen) atoms. The lowest BCUT2D eigenvalue weighted by Gasteiger charge is -2.61. The van der Waals surface area contributed by atoms with Crippen molar-refractivity contribution in [3.05, 3.63) is 30.1 Å². The predicted octanol–water partition coefficient (Wildman–Crippen LogP) is 3.39. The van der Waals surface area contributed by atoms with Crippen LogP contribution in [0.2, 0.25) is 0 Å². The molecule has 5 rings (SSSR count). The van der Waals surface area contributed by atoms with Crippen LogP contribution in [0.25, 0.3) is 0 Å². The Kier molecular flexibility index (Phi) is 2.81. The van der Waals surface area contributed by atoms with Gasteiger partial charge in [0.25, 0.3) is 0 Å². The summed E-state index contributed by atoms with van der Waals surface area (Å²) in [4.78, 5) is 0. The molecule has 0 amide bonds. The van der Waals surface area contributed by atoms with Crippen molar-refractivity contribution < 1.29 is 4.39 Å². The van der Waals surface area contributed by atoms with Crippen LogP contribution in [0, 0.1) is 29.5 Å². The summed E-state index contributed by atoms with van der Waals surface area (Å²) < 4.78 is 14.0. The number of halogens is 1. The molecule has 1 aromatic carbocycles. The fourth-order valence-corrected chi connectivity index (χ4v) is 5.43. The molecule has 3 N–H and O–H groups in total. The Morgan fingerprint density at radius 1 is 1.05 bits per heavy atom. The molecule has 4 saturated carbocycles. The fraction of sp³-hybridized carbons (Fsp3) is 0.647. The third kappa shape index (κ3) is 1.72. The van der Waals surface area contributed by atoms with Crippen LogP contribution in [-0.4, -0.2) is 12.1 Å². The Labute approximate surface area is 119 Å². The third-order valence-corrected chi connectivity index (χ3v) is 6.17. The van der Waals surface area contributed by atoms with Crippen molar-refractivity contribution in [3.8, 4) is 0 Å². The summed E-state index contributed by atoms with van der Waals surface area (Å²) >= 11 is 0. The summed E-state index contributed by atoms with van der Waals surface area (Å²) in [5.41, 5.74) is 6.76. The van der Waals surface area contributed by atoms with Crippen molar-refractivity contribution in [2.75, 3.05) is 11.9 Å². The van der Waals surface area contributed by atoms with Crippen LogP contribution >= 0.6 is 0 Å². The van der Waals surface area contributed by atoms with Gasteiger partial charge in [0.2, 0.25) is 0 Å². The van der Waals surface area contributed by atoms with E-state index < -0.39 is 0 Å². The zero-order chi connectivity index (χ0) is 13.7. The van der Waals surface area contributed by atoms with E-state index in [1.165, 1.54) is 38.2 Å². The zero-order valence-electron chi connectivity index (χ0n) is 11.8. The number of hydrogen-bond acceptors (Lipinski definition) is 2. The van der Waals surface area contributed by atoms with E-state index in [0.29, 0.717) is 24.1 Å². The second kappa shape index (κ2) is 4.45. The highest BCUT2D eigenvalue weighted by atomic mass is 19.1. The summed E-state index contributed by atoms with van der Waals surface area (Å²) in [7, 11) is 0. The molecule has 3 heteroatoms. The van der Waals surface area contributed by atoms with Gasteiger partial charge in [-0.15, -0.1) is 0 Å². The monoisotopic (exact) mass is 274 g/mol. The van der Waals surface area contributed by atoms with Gasteiger partial charge in [-0.05, 0) is 67.9 Å². The average molecular weight is 274 g/mol. The Hall–Kier alpha value is -1.09. The van der Waals surface area contributed by atoms with E-state index >= 15 is 0 Å². The molecule has 4 aliphatic carbocycles. The van der Waals surface area contributed by atoms with Gasteiger partial charge in [-0.3, -0.25) is 0 Å². The normalized spacial score (nSPS) is 41.9. The number of rotatable bonds is 3. The largest absolute Gasteiger partial charge is 0.375 e. The highest BCUT2D eigenvalue weighted by Gasteiger charge is 2.56. The van der Waals surface area contributed by atoms with Gasteiger partial charge in [0, 0.05) is 6.54 Å². The summed E-state index contributed by atoms with van der Waals surface area (Å²) in [5.74, 6) is 2.90. The summed E-state index contributed by atoms with van der Waals surface area (Å²) in [6, 6.07) is 7.01. The van der Waals surface area contributed by atoms with Crippen LogP contribution in [0.3, 0.4) is 0 Å². The molecule has 4 aliphatic rings. The minimum absolute atomic E-state index is 0.0738. The number of hydrogen-bond donors (Lipinski definition) is 2. The highest BCUT2D eigenvalue weighted by molar-refractivity contribution is 5.48. The molecular formula is C17H23FN2. The number of para-hydroxylation sites is 1. The smallest absolute Gasteiger partial charge is 0.146 e. The standard InChI is InChI=1S/C17H23FN2/c18-15-3-1-2-4-16(15)20-17(10-19)13-6-11-5-12(8-13)9-14(17)7-11/h1-4,11-14,20H,5-10,19H2. The first-order chi connectivity index (χ1) is 9.71. The molecule has 0 heterocycles. The molecule has 4 fully saturated rings. The van der Waals surface area contributed by atoms with Gasteiger partial charge in [-0.2, -0.15) is 0 Å². The van der Waals surface area contributed by atoms with Crippen molar-refractivity contribution >= 4 is 5.69 Å². The molecular weight excluding hydrogens is 251 g/mol. The SMILES string of the molecule is NCC1(Nc2ccccc2F)C2CC3CC(C2)CC1C3. The van der Waals surface area contributed by atoms with E-state index in [1.54, 1.807) is 6.07 Å². The fourth-order valence-electron chi connectivity index (χ4n) is 5.43. The second-order valence-corrected chi connectivity index (χ2v) is 7.15. The highest BCUT2D eigenvalue weighted by Crippen LogP contribution is 2.58. The molecule has 0 spiro atoms. The minimum atomic E-state index is -0.158. The Morgan fingerprint density at radius 2 is 1.65 bits per heavy atom. The van der Waals surface area contributed by atoms with Crippen molar-refractivity contribution in [1.82, 2.24) is 0 Å². The third-order valence-electron chi connectivity index (χ3n) is 6.17. The van der Waals surface area contributed by atoms with E-state index in [9.17, 15) is 4.39 Å². The topological polar surface area (TPSA) is 38.0 Å². The lowest BCUT2D eigenvalue weighted by atomic mass is 9.48. The van der Waals surface area contributed by atoms with Crippen LogP contribution < -0.4 is 11.1 Å². The van der Waals surface area contributed by atoms with Gasteiger partial charge in [-0.1, -0.05) is 12.1 Å². The molecule has 108 valence electrons. The molecule has 2 nitrogen and oxygen atoms in total. The number of nitrogens with one attached hydrogen (secondary N) is 1. The number of benzene rings is 1. The van der Waals surface area contributed by atoms with Crippen LogP contribution in [0.15, 0.2) is 24.3 Å². The van der Waals surface area contributed by atoms with Crippen molar-refractivity contribution in [2.24, 2.45) is 29.4 Å². The Bertz CT molecular complexity index is 485. The average Bonchev–Trinajstić information content (AvgIpc) is 2.44. The molecule has 4 bridgehead atoms. The van der Waals surface area contributed by atoms with E-state index in [1.807, 2.05) is 12.1 Å². The van der Waals surface area contributed by atoms with Crippen molar-refractivity contribution in [1.29, 1.82) is 0 Å². The molecule has 1 aromatic rings. The van der Waals surface area contributed by atoms with Gasteiger partial charge in [-0.25, -0.2) is 4.39 Å². The second-order valence-electron chi connectivity index (χ2n) is 7.15. The van der Waals surface area contributed by atoms with Gasteiger partial charge in [0.15, 0.2) is 0 Å². The predicted molar refractivity (Wildman–Crippen MR) is 78.9 cm³/mol. The van der Waals surface area contributed by atoms with Crippen molar-refractivity contribution in [2.45, 2.75) is 37.6 Å².